The van der Waals surface area contributed by atoms with E-state index in [9.17, 15) is 13.2 Å². The molecule has 0 spiro atoms. The first-order chi connectivity index (χ1) is 12.2. The molecule has 2 aromatic carbocycles. The predicted octanol–water partition coefficient (Wildman–Crippen LogP) is 4.23. The molecule has 7 heteroatoms. The fraction of sp³-hybridized carbons (Fsp3) is 0.316. The number of benzene rings is 2. The highest BCUT2D eigenvalue weighted by atomic mass is 35.5. The van der Waals surface area contributed by atoms with Crippen LogP contribution in [0.3, 0.4) is 0 Å². The Morgan fingerprint density at radius 3 is 2.35 bits per heavy atom. The summed E-state index contributed by atoms with van der Waals surface area (Å²) < 4.78 is 27.5. The van der Waals surface area contributed by atoms with E-state index in [1.165, 1.54) is 24.3 Å². The number of sulfonamides is 1. The predicted molar refractivity (Wildman–Crippen MR) is 105 cm³/mol. The number of hydrogen-bond donors (Lipinski definition) is 2. The quantitative estimate of drug-likeness (QED) is 0.738. The summed E-state index contributed by atoms with van der Waals surface area (Å²) in [6.07, 6.45) is 0.906. The Bertz CT molecular complexity index is 878. The van der Waals surface area contributed by atoms with Crippen LogP contribution in [0.1, 0.15) is 36.2 Å². The topological polar surface area (TPSA) is 75.3 Å². The van der Waals surface area contributed by atoms with Crippen molar-refractivity contribution >= 4 is 33.2 Å². The number of carbonyl (C=O) groups excluding carboxylic acids is 1. The fourth-order valence-electron chi connectivity index (χ4n) is 2.31. The molecule has 0 unspecified atom stereocenters. The minimum atomic E-state index is -3.72. The Hall–Kier alpha value is -2.05. The van der Waals surface area contributed by atoms with Crippen molar-refractivity contribution in [2.75, 3.05) is 11.3 Å². The van der Waals surface area contributed by atoms with Gasteiger partial charge in [0.15, 0.2) is 0 Å². The minimum absolute atomic E-state index is 0.122. The van der Waals surface area contributed by atoms with Crippen molar-refractivity contribution < 1.29 is 13.2 Å². The first kappa shape index (κ1) is 20.3. The van der Waals surface area contributed by atoms with Gasteiger partial charge in [0, 0.05) is 17.1 Å². The van der Waals surface area contributed by atoms with Crippen molar-refractivity contribution in [1.82, 2.24) is 5.32 Å². The van der Waals surface area contributed by atoms with Crippen LogP contribution >= 0.6 is 11.6 Å². The van der Waals surface area contributed by atoms with Crippen molar-refractivity contribution in [3.05, 3.63) is 58.6 Å². The summed E-state index contributed by atoms with van der Waals surface area (Å²) in [4.78, 5) is 12.3. The normalized spacial score (nSPS) is 11.4. The molecule has 26 heavy (non-hydrogen) atoms. The first-order valence-corrected chi connectivity index (χ1v) is 10.2. The lowest BCUT2D eigenvalue weighted by Gasteiger charge is -2.12. The maximum Gasteiger partial charge on any atom is 0.261 e. The van der Waals surface area contributed by atoms with Crippen LogP contribution in [0.4, 0.5) is 5.69 Å². The van der Waals surface area contributed by atoms with Gasteiger partial charge in [0.2, 0.25) is 0 Å². The second-order valence-corrected chi connectivity index (χ2v) is 8.65. The molecule has 140 valence electrons. The molecular weight excluding hydrogens is 372 g/mol. The lowest BCUT2D eigenvalue weighted by atomic mass is 10.1. The zero-order valence-electron chi connectivity index (χ0n) is 15.0. The Morgan fingerprint density at radius 2 is 1.77 bits per heavy atom. The molecule has 0 aliphatic heterocycles. The summed E-state index contributed by atoms with van der Waals surface area (Å²) >= 11 is 5.79. The number of amides is 1. The van der Waals surface area contributed by atoms with Gasteiger partial charge in [-0.1, -0.05) is 25.4 Å². The molecule has 0 fully saturated rings. The van der Waals surface area contributed by atoms with Crippen LogP contribution in [-0.4, -0.2) is 20.9 Å². The van der Waals surface area contributed by atoms with E-state index in [-0.39, 0.29) is 10.8 Å². The SMILES string of the molecule is Cc1cc(C(=O)NCCC(C)C)ccc1NS(=O)(=O)c1ccc(Cl)cc1. The van der Waals surface area contributed by atoms with Gasteiger partial charge in [0.1, 0.15) is 0 Å². The molecule has 0 aliphatic carbocycles. The monoisotopic (exact) mass is 394 g/mol. The Kier molecular flexibility index (Phi) is 6.67. The molecule has 2 rings (SSSR count). The van der Waals surface area contributed by atoms with Crippen molar-refractivity contribution in [3.63, 3.8) is 0 Å². The maximum atomic E-state index is 12.5. The van der Waals surface area contributed by atoms with E-state index in [0.717, 1.165) is 6.42 Å². The average Bonchev–Trinajstić information content (AvgIpc) is 2.56. The molecule has 0 radical (unpaired) electrons. The van der Waals surface area contributed by atoms with E-state index in [2.05, 4.69) is 23.9 Å². The van der Waals surface area contributed by atoms with Crippen LogP contribution in [0.25, 0.3) is 0 Å². The fourth-order valence-corrected chi connectivity index (χ4v) is 3.57. The summed E-state index contributed by atoms with van der Waals surface area (Å²) in [6, 6.07) is 10.8. The third kappa shape index (κ3) is 5.47. The summed E-state index contributed by atoms with van der Waals surface area (Å²) in [5.41, 5.74) is 1.60. The molecule has 0 aliphatic rings. The van der Waals surface area contributed by atoms with E-state index in [1.807, 2.05) is 0 Å². The highest BCUT2D eigenvalue weighted by Gasteiger charge is 2.16. The molecular formula is C19H23ClN2O3S. The van der Waals surface area contributed by atoms with Gasteiger partial charge in [-0.2, -0.15) is 0 Å². The molecule has 0 bridgehead atoms. The Labute approximate surface area is 159 Å². The summed E-state index contributed by atoms with van der Waals surface area (Å²) in [7, 11) is -3.72. The molecule has 5 nitrogen and oxygen atoms in total. The summed E-state index contributed by atoms with van der Waals surface area (Å²) in [6.45, 7) is 6.56. The zero-order valence-corrected chi connectivity index (χ0v) is 16.6. The van der Waals surface area contributed by atoms with Gasteiger partial charge in [0.05, 0.1) is 10.6 Å². The number of nitrogens with one attached hydrogen (secondary N) is 2. The Morgan fingerprint density at radius 1 is 1.12 bits per heavy atom. The molecule has 0 atom stereocenters. The molecule has 0 saturated heterocycles. The van der Waals surface area contributed by atoms with Crippen molar-refractivity contribution in [1.29, 1.82) is 0 Å². The van der Waals surface area contributed by atoms with E-state index >= 15 is 0 Å². The third-order valence-corrected chi connectivity index (χ3v) is 5.50. The minimum Gasteiger partial charge on any atom is -0.352 e. The second-order valence-electron chi connectivity index (χ2n) is 6.53. The summed E-state index contributed by atoms with van der Waals surface area (Å²) in [5, 5.41) is 3.33. The molecule has 2 N–H and O–H groups in total. The largest absolute Gasteiger partial charge is 0.352 e. The van der Waals surface area contributed by atoms with Gasteiger partial charge in [-0.25, -0.2) is 8.42 Å². The highest BCUT2D eigenvalue weighted by Crippen LogP contribution is 2.22. The van der Waals surface area contributed by atoms with Crippen molar-refractivity contribution in [2.24, 2.45) is 5.92 Å². The molecule has 2 aromatic rings. The van der Waals surface area contributed by atoms with Crippen LogP contribution in [-0.2, 0) is 10.0 Å². The molecule has 1 amide bonds. The molecule has 0 aromatic heterocycles. The van der Waals surface area contributed by atoms with Gasteiger partial charge in [-0.15, -0.1) is 0 Å². The standard InChI is InChI=1S/C19H23ClN2O3S/c1-13(2)10-11-21-19(23)15-4-9-18(14(3)12-15)22-26(24,25)17-7-5-16(20)6-8-17/h4-9,12-13,22H,10-11H2,1-3H3,(H,21,23). The van der Waals surface area contributed by atoms with Gasteiger partial charge in [-0.05, 0) is 67.3 Å². The van der Waals surface area contributed by atoms with Gasteiger partial charge >= 0.3 is 0 Å². The van der Waals surface area contributed by atoms with Crippen LogP contribution in [0.2, 0.25) is 5.02 Å². The molecule has 0 saturated carbocycles. The highest BCUT2D eigenvalue weighted by molar-refractivity contribution is 7.92. The van der Waals surface area contributed by atoms with E-state index in [4.69, 9.17) is 11.6 Å². The van der Waals surface area contributed by atoms with Gasteiger partial charge in [0.25, 0.3) is 15.9 Å². The second kappa shape index (κ2) is 8.56. The average molecular weight is 395 g/mol. The third-order valence-electron chi connectivity index (χ3n) is 3.86. The van der Waals surface area contributed by atoms with Crippen LogP contribution in [0.15, 0.2) is 47.4 Å². The number of carbonyl (C=O) groups is 1. The number of rotatable bonds is 7. The number of halogens is 1. The smallest absolute Gasteiger partial charge is 0.261 e. The van der Waals surface area contributed by atoms with Crippen molar-refractivity contribution in [2.45, 2.75) is 32.1 Å². The van der Waals surface area contributed by atoms with Gasteiger partial charge in [-0.3, -0.25) is 9.52 Å². The number of hydrogen-bond acceptors (Lipinski definition) is 3. The van der Waals surface area contributed by atoms with E-state index in [0.29, 0.717) is 34.3 Å². The Balaban J connectivity index is 2.12. The maximum absolute atomic E-state index is 12.5. The van der Waals surface area contributed by atoms with Crippen LogP contribution in [0.5, 0.6) is 0 Å². The lowest BCUT2D eigenvalue weighted by Crippen LogP contribution is -2.25. The van der Waals surface area contributed by atoms with E-state index in [1.54, 1.807) is 25.1 Å². The summed E-state index contributed by atoms with van der Waals surface area (Å²) in [5.74, 6) is 0.350. The number of aryl methyl sites for hydroxylation is 1. The first-order valence-electron chi connectivity index (χ1n) is 8.36. The van der Waals surface area contributed by atoms with Crippen LogP contribution < -0.4 is 10.0 Å². The van der Waals surface area contributed by atoms with Crippen molar-refractivity contribution in [3.8, 4) is 0 Å². The van der Waals surface area contributed by atoms with E-state index < -0.39 is 10.0 Å². The zero-order chi connectivity index (χ0) is 19.3. The number of anilines is 1. The van der Waals surface area contributed by atoms with Gasteiger partial charge < -0.3 is 5.32 Å². The molecule has 0 heterocycles. The lowest BCUT2D eigenvalue weighted by molar-refractivity contribution is 0.0952. The van der Waals surface area contributed by atoms with Crippen LogP contribution in [0, 0.1) is 12.8 Å².